The number of hydrogen-bond donors (Lipinski definition) is 1. The van der Waals surface area contributed by atoms with Crippen molar-refractivity contribution in [1.82, 2.24) is 9.97 Å². The number of benzene rings is 3. The van der Waals surface area contributed by atoms with Crippen LogP contribution in [0, 0.1) is 26.8 Å². The fourth-order valence-electron chi connectivity index (χ4n) is 4.10. The normalized spacial score (nSPS) is 11.2. The van der Waals surface area contributed by atoms with Crippen molar-refractivity contribution in [2.45, 2.75) is 40.5 Å². The van der Waals surface area contributed by atoms with E-state index in [0.29, 0.717) is 0 Å². The first kappa shape index (κ1) is 25.8. The number of phenols is 1. The van der Waals surface area contributed by atoms with Gasteiger partial charge in [-0.3, -0.25) is 4.98 Å². The first-order valence-corrected chi connectivity index (χ1v) is 11.7. The minimum atomic E-state index is -0.594. The maximum atomic E-state index is 9.65. The quantitative estimate of drug-likeness (QED) is 0.200. The molecule has 1 N–H and O–H groups in total. The number of aryl methyl sites for hydroxylation is 3. The van der Waals surface area contributed by atoms with Gasteiger partial charge < -0.3 is 10.1 Å². The van der Waals surface area contributed by atoms with E-state index in [1.807, 2.05) is 69.4 Å². The number of aromatic hydroxyl groups is 1. The Morgan fingerprint density at radius 1 is 0.833 bits per heavy atom. The second kappa shape index (κ2) is 12.1. The second-order valence-corrected chi connectivity index (χ2v) is 9.09. The van der Waals surface area contributed by atoms with Crippen LogP contribution in [0.25, 0.3) is 33.3 Å². The van der Waals surface area contributed by atoms with E-state index in [1.165, 1.54) is 5.56 Å². The van der Waals surface area contributed by atoms with Crippen LogP contribution in [0.3, 0.4) is 0 Å². The van der Waals surface area contributed by atoms with E-state index in [-0.39, 0.29) is 25.9 Å². The summed E-state index contributed by atoms with van der Waals surface area (Å²) in [5.74, 6) is -0.321. The third-order valence-electron chi connectivity index (χ3n) is 5.84. The Labute approximate surface area is 229 Å². The summed E-state index contributed by atoms with van der Waals surface area (Å²) in [6, 6.07) is 27.0. The average Bonchev–Trinajstić information content (AvgIpc) is 2.84. The summed E-state index contributed by atoms with van der Waals surface area (Å²) in [6.45, 7) is 9.96. The number of pyridine rings is 2. The molecule has 0 aliphatic heterocycles. The number of phenolic OH excluding ortho intramolecular Hbond substituents is 1. The van der Waals surface area contributed by atoms with E-state index >= 15 is 0 Å². The minimum Gasteiger partial charge on any atom is -0.507 e. The van der Waals surface area contributed by atoms with Crippen molar-refractivity contribution >= 4 is 10.8 Å². The van der Waals surface area contributed by atoms with Crippen molar-refractivity contribution in [2.75, 3.05) is 0 Å². The van der Waals surface area contributed by atoms with Gasteiger partial charge in [-0.2, -0.15) is 0 Å². The zero-order valence-electron chi connectivity index (χ0n) is 22.3. The molecule has 1 radical (unpaired) electrons. The molecule has 36 heavy (non-hydrogen) atoms. The Hall–Kier alpha value is -3.33. The monoisotopic (exact) mass is 653 g/mol. The number of nitrogens with zero attached hydrogens (tertiary/aromatic N) is 2. The van der Waals surface area contributed by atoms with Gasteiger partial charge in [0.05, 0.1) is 5.69 Å². The molecule has 5 rings (SSSR count). The molecule has 5 aromatic rings. The van der Waals surface area contributed by atoms with Crippen LogP contribution in [-0.4, -0.2) is 15.1 Å². The molecule has 0 fully saturated rings. The third kappa shape index (κ3) is 6.46. The Kier molecular flexibility index (Phi) is 8.64. The van der Waals surface area contributed by atoms with Gasteiger partial charge in [-0.25, -0.2) is 0 Å². The van der Waals surface area contributed by atoms with E-state index < -0.39 is 5.89 Å². The predicted molar refractivity (Wildman–Crippen MR) is 146 cm³/mol. The van der Waals surface area contributed by atoms with Crippen molar-refractivity contribution in [3.8, 4) is 28.3 Å². The van der Waals surface area contributed by atoms with E-state index in [4.69, 9.17) is 1.37 Å². The van der Waals surface area contributed by atoms with Gasteiger partial charge in [-0.1, -0.05) is 63.6 Å². The fourth-order valence-corrected chi connectivity index (χ4v) is 4.10. The molecule has 0 saturated heterocycles. The Bertz CT molecular complexity index is 1490. The van der Waals surface area contributed by atoms with Crippen LogP contribution >= 0.6 is 0 Å². The zero-order valence-corrected chi connectivity index (χ0v) is 23.7. The van der Waals surface area contributed by atoms with Crippen molar-refractivity contribution in [3.63, 3.8) is 0 Å². The first-order chi connectivity index (χ1) is 17.1. The molecule has 0 unspecified atom stereocenters. The van der Waals surface area contributed by atoms with Gasteiger partial charge in [0, 0.05) is 39.4 Å². The first-order valence-electron chi connectivity index (χ1n) is 12.2. The van der Waals surface area contributed by atoms with Gasteiger partial charge in [0.2, 0.25) is 0 Å². The maximum Gasteiger partial charge on any atom is 0.124 e. The van der Waals surface area contributed by atoms with Gasteiger partial charge in [0.1, 0.15) is 5.75 Å². The van der Waals surface area contributed by atoms with Gasteiger partial charge >= 0.3 is 0 Å². The van der Waals surface area contributed by atoms with Crippen LogP contribution in [-0.2, 0) is 20.1 Å². The van der Waals surface area contributed by atoms with Gasteiger partial charge in [0.25, 0.3) is 0 Å². The SMILES string of the molecule is Cc1ccc(O)c(-c2ccccn2)c1.[2H]C(C)(C)c1ccc2c(-c3[c-]c(C)cc(C)c3)nccc2c1.[Ir]. The molecule has 2 heterocycles. The molecule has 4 heteroatoms. The van der Waals surface area contributed by atoms with Gasteiger partial charge in [0.15, 0.2) is 0 Å². The Morgan fingerprint density at radius 2 is 1.64 bits per heavy atom. The van der Waals surface area contributed by atoms with E-state index in [1.54, 1.807) is 12.3 Å². The average molecular weight is 653 g/mol. The van der Waals surface area contributed by atoms with Gasteiger partial charge in [-0.15, -0.1) is 34.9 Å². The molecule has 0 atom stereocenters. The Morgan fingerprint density at radius 3 is 2.33 bits per heavy atom. The summed E-state index contributed by atoms with van der Waals surface area (Å²) in [4.78, 5) is 8.76. The van der Waals surface area contributed by atoms with Gasteiger partial charge in [-0.05, 0) is 65.2 Å². The van der Waals surface area contributed by atoms with Crippen LogP contribution in [0.1, 0.15) is 43.4 Å². The number of fused-ring (bicyclic) bond motifs is 1. The molecule has 0 amide bonds. The number of aromatic nitrogens is 2. The molecular formula is C32H31IrN2O-. The van der Waals surface area contributed by atoms with E-state index in [2.05, 4.69) is 54.1 Å². The molecule has 0 spiro atoms. The zero-order chi connectivity index (χ0) is 25.9. The number of rotatable bonds is 3. The van der Waals surface area contributed by atoms with Crippen molar-refractivity contribution < 1.29 is 26.6 Å². The van der Waals surface area contributed by atoms with E-state index in [0.717, 1.165) is 50.0 Å². The molecule has 0 saturated carbocycles. The summed E-state index contributed by atoms with van der Waals surface area (Å²) in [6.07, 6.45) is 3.56. The molecule has 2 aromatic heterocycles. The smallest absolute Gasteiger partial charge is 0.124 e. The topological polar surface area (TPSA) is 46.0 Å². The second-order valence-electron chi connectivity index (χ2n) is 9.09. The van der Waals surface area contributed by atoms with Crippen LogP contribution in [0.2, 0.25) is 0 Å². The van der Waals surface area contributed by atoms with Crippen LogP contribution in [0.4, 0.5) is 0 Å². The van der Waals surface area contributed by atoms with Crippen molar-refractivity contribution in [1.29, 1.82) is 0 Å². The standard InChI is InChI=1S/C20H20N.C12H11NO.Ir/c1-13(2)16-5-6-19-17(12-16)7-8-21-20(19)18-10-14(3)9-15(4)11-18;1-9-5-6-12(14)10(8-9)11-4-2-3-7-13-11;/h5-10,12-13H,1-4H3;2-8,14H,1H3;/q-1;;/i13D;;. The van der Waals surface area contributed by atoms with Crippen LogP contribution in [0.15, 0.2) is 85.2 Å². The predicted octanol–water partition coefficient (Wildman–Crippen LogP) is 8.20. The molecule has 185 valence electrons. The molecule has 0 aliphatic carbocycles. The van der Waals surface area contributed by atoms with Crippen molar-refractivity contribution in [3.05, 3.63) is 114 Å². The van der Waals surface area contributed by atoms with Crippen LogP contribution in [0.5, 0.6) is 5.75 Å². The molecule has 0 aliphatic rings. The Balaban J connectivity index is 0.000000220. The summed E-state index contributed by atoms with van der Waals surface area (Å²) < 4.78 is 8.20. The minimum absolute atomic E-state index is 0. The summed E-state index contributed by atoms with van der Waals surface area (Å²) in [7, 11) is 0. The summed E-state index contributed by atoms with van der Waals surface area (Å²) >= 11 is 0. The molecular weight excluding hydrogens is 621 g/mol. The van der Waals surface area contributed by atoms with E-state index in [9.17, 15) is 5.11 Å². The third-order valence-corrected chi connectivity index (χ3v) is 5.84. The maximum absolute atomic E-state index is 9.65. The van der Waals surface area contributed by atoms with Crippen LogP contribution < -0.4 is 0 Å². The summed E-state index contributed by atoms with van der Waals surface area (Å²) in [5.41, 5.74) is 8.04. The molecule has 0 bridgehead atoms. The number of hydrogen-bond acceptors (Lipinski definition) is 3. The molecule has 3 nitrogen and oxygen atoms in total. The summed E-state index contributed by atoms with van der Waals surface area (Å²) in [5, 5.41) is 11.9. The largest absolute Gasteiger partial charge is 0.507 e. The molecule has 3 aromatic carbocycles. The fraction of sp³-hybridized carbons (Fsp3) is 0.188. The van der Waals surface area contributed by atoms with Crippen molar-refractivity contribution in [2.24, 2.45) is 0 Å².